The molecular weight excluding hydrogens is 210 g/mol. The predicted octanol–water partition coefficient (Wildman–Crippen LogP) is 1.23. The average Bonchev–Trinajstić information content (AvgIpc) is 1.85. The third-order valence-electron chi connectivity index (χ3n) is 1.45. The normalized spacial score (nSPS) is 29.1. The lowest BCUT2D eigenvalue weighted by atomic mass is 10.1. The molecule has 0 aliphatic carbocycles. The van der Waals surface area contributed by atoms with Crippen molar-refractivity contribution in [2.24, 2.45) is 0 Å². The summed E-state index contributed by atoms with van der Waals surface area (Å²) in [5, 5.41) is 11.6. The number of aliphatic carboxylic acids is 1. The van der Waals surface area contributed by atoms with E-state index in [1.54, 1.807) is 25.3 Å². The highest BCUT2D eigenvalue weighted by molar-refractivity contribution is 9.10. The van der Waals surface area contributed by atoms with Crippen LogP contribution < -0.4 is 5.32 Å². The molecule has 0 bridgehead atoms. The summed E-state index contributed by atoms with van der Waals surface area (Å²) in [6.45, 7) is 1.75. The Morgan fingerprint density at radius 1 is 1.82 bits per heavy atom. The number of carbonyl (C=O) groups is 1. The Labute approximate surface area is 72.9 Å². The van der Waals surface area contributed by atoms with E-state index in [1.165, 1.54) is 0 Å². The summed E-state index contributed by atoms with van der Waals surface area (Å²) in [5.74, 6) is -0.916. The monoisotopic (exact) mass is 217 g/mol. The number of halogens is 1. The number of nitrogens with one attached hydrogen (secondary N) is 1. The largest absolute Gasteiger partial charge is 0.478 e. The molecule has 0 saturated heterocycles. The van der Waals surface area contributed by atoms with Gasteiger partial charge in [-0.25, -0.2) is 4.79 Å². The Balaban J connectivity index is 2.97. The third kappa shape index (κ3) is 1.63. The first-order valence-electron chi connectivity index (χ1n) is 3.11. The van der Waals surface area contributed by atoms with Crippen LogP contribution in [0.25, 0.3) is 0 Å². The Kier molecular flexibility index (Phi) is 2.04. The highest BCUT2D eigenvalue weighted by atomic mass is 79.9. The van der Waals surface area contributed by atoms with Gasteiger partial charge in [0.1, 0.15) is 4.45 Å². The van der Waals surface area contributed by atoms with E-state index in [4.69, 9.17) is 5.11 Å². The second kappa shape index (κ2) is 2.70. The van der Waals surface area contributed by atoms with Crippen molar-refractivity contribution in [2.45, 2.75) is 11.4 Å². The first-order valence-corrected chi connectivity index (χ1v) is 3.90. The quantitative estimate of drug-likeness (QED) is 0.514. The fraction of sp³-hybridized carbons (Fsp3) is 0.286. The average molecular weight is 218 g/mol. The molecule has 0 aromatic carbocycles. The zero-order valence-electron chi connectivity index (χ0n) is 5.97. The molecule has 0 saturated carbocycles. The second-order valence-corrected chi connectivity index (χ2v) is 3.98. The van der Waals surface area contributed by atoms with Crippen LogP contribution in [-0.4, -0.2) is 15.5 Å². The zero-order valence-corrected chi connectivity index (χ0v) is 7.55. The number of hydrogen-bond acceptors (Lipinski definition) is 2. The molecule has 0 aromatic heterocycles. The molecule has 1 unspecified atom stereocenters. The molecule has 1 atom stereocenters. The van der Waals surface area contributed by atoms with Crippen LogP contribution in [0.4, 0.5) is 0 Å². The van der Waals surface area contributed by atoms with Gasteiger partial charge in [0.15, 0.2) is 0 Å². The van der Waals surface area contributed by atoms with Gasteiger partial charge in [0.25, 0.3) is 0 Å². The number of rotatable bonds is 1. The number of alkyl halides is 1. The van der Waals surface area contributed by atoms with Crippen molar-refractivity contribution in [2.75, 3.05) is 0 Å². The lowest BCUT2D eigenvalue weighted by Crippen LogP contribution is -2.38. The Hall–Kier alpha value is -0.770. The summed E-state index contributed by atoms with van der Waals surface area (Å²) in [5.41, 5.74) is 0.306. The predicted molar refractivity (Wildman–Crippen MR) is 45.3 cm³/mol. The van der Waals surface area contributed by atoms with Crippen molar-refractivity contribution in [3.05, 3.63) is 23.9 Å². The number of carboxylic acid groups (broad SMARTS) is 1. The molecule has 60 valence electrons. The van der Waals surface area contributed by atoms with Crippen molar-refractivity contribution in [3.63, 3.8) is 0 Å². The van der Waals surface area contributed by atoms with Crippen molar-refractivity contribution in [1.29, 1.82) is 0 Å². The van der Waals surface area contributed by atoms with Crippen LogP contribution in [0, 0.1) is 0 Å². The molecule has 3 nitrogen and oxygen atoms in total. The summed E-state index contributed by atoms with van der Waals surface area (Å²) < 4.78 is -0.645. The van der Waals surface area contributed by atoms with Crippen LogP contribution in [0.5, 0.6) is 0 Å². The minimum absolute atomic E-state index is 0.306. The van der Waals surface area contributed by atoms with Gasteiger partial charge in [-0.3, -0.25) is 0 Å². The zero-order chi connectivity index (χ0) is 8.48. The van der Waals surface area contributed by atoms with E-state index in [1.807, 2.05) is 0 Å². The molecule has 0 aromatic rings. The van der Waals surface area contributed by atoms with Gasteiger partial charge in [0, 0.05) is 0 Å². The highest BCUT2D eigenvalue weighted by Crippen LogP contribution is 2.26. The standard InChI is InChI=1S/C7H8BrNO2/c1-7(8)5(6(10)11)3-2-4-9-7/h2-4,9H,1H3,(H,10,11). The SMILES string of the molecule is CC1(Br)NC=CC=C1C(=O)O. The lowest BCUT2D eigenvalue weighted by molar-refractivity contribution is -0.133. The minimum Gasteiger partial charge on any atom is -0.478 e. The van der Waals surface area contributed by atoms with Crippen LogP contribution in [0.1, 0.15) is 6.92 Å². The van der Waals surface area contributed by atoms with E-state index in [2.05, 4.69) is 21.2 Å². The summed E-state index contributed by atoms with van der Waals surface area (Å²) >= 11 is 3.25. The van der Waals surface area contributed by atoms with Crippen LogP contribution in [0.3, 0.4) is 0 Å². The summed E-state index contributed by atoms with van der Waals surface area (Å²) in [4.78, 5) is 10.6. The van der Waals surface area contributed by atoms with Crippen LogP contribution >= 0.6 is 15.9 Å². The molecule has 0 amide bonds. The molecular formula is C7H8BrNO2. The molecule has 4 heteroatoms. The first kappa shape index (κ1) is 8.33. The van der Waals surface area contributed by atoms with Crippen molar-refractivity contribution < 1.29 is 9.90 Å². The molecule has 0 spiro atoms. The third-order valence-corrected chi connectivity index (χ3v) is 2.11. The topological polar surface area (TPSA) is 49.3 Å². The second-order valence-electron chi connectivity index (χ2n) is 2.39. The van der Waals surface area contributed by atoms with Gasteiger partial charge in [-0.1, -0.05) is 15.9 Å². The van der Waals surface area contributed by atoms with E-state index in [-0.39, 0.29) is 0 Å². The molecule has 0 fully saturated rings. The van der Waals surface area contributed by atoms with Gasteiger partial charge >= 0.3 is 5.97 Å². The first-order chi connectivity index (χ1) is 5.04. The number of carboxylic acids is 1. The Morgan fingerprint density at radius 2 is 2.45 bits per heavy atom. The Morgan fingerprint density at radius 3 is 2.82 bits per heavy atom. The van der Waals surface area contributed by atoms with E-state index in [9.17, 15) is 4.79 Å². The number of hydrogen-bond donors (Lipinski definition) is 2. The summed E-state index contributed by atoms with van der Waals surface area (Å²) in [6, 6.07) is 0. The molecule has 0 radical (unpaired) electrons. The van der Waals surface area contributed by atoms with Crippen molar-refractivity contribution in [3.8, 4) is 0 Å². The fourth-order valence-corrected chi connectivity index (χ4v) is 1.29. The fourth-order valence-electron chi connectivity index (χ4n) is 0.855. The van der Waals surface area contributed by atoms with Gasteiger partial charge in [-0.15, -0.1) is 0 Å². The summed E-state index contributed by atoms with van der Waals surface area (Å²) in [6.07, 6.45) is 4.92. The van der Waals surface area contributed by atoms with Crippen molar-refractivity contribution >= 4 is 21.9 Å². The summed E-state index contributed by atoms with van der Waals surface area (Å²) in [7, 11) is 0. The number of dihydropyridines is 1. The smallest absolute Gasteiger partial charge is 0.334 e. The molecule has 1 aliphatic heterocycles. The van der Waals surface area contributed by atoms with E-state index in [0.717, 1.165) is 0 Å². The van der Waals surface area contributed by atoms with Gasteiger partial charge < -0.3 is 10.4 Å². The lowest BCUT2D eigenvalue weighted by Gasteiger charge is -2.25. The van der Waals surface area contributed by atoms with Gasteiger partial charge in [-0.05, 0) is 25.3 Å². The van der Waals surface area contributed by atoms with Gasteiger partial charge in [0.2, 0.25) is 0 Å². The van der Waals surface area contributed by atoms with E-state index >= 15 is 0 Å². The highest BCUT2D eigenvalue weighted by Gasteiger charge is 2.30. The van der Waals surface area contributed by atoms with Crippen molar-refractivity contribution in [1.82, 2.24) is 5.32 Å². The molecule has 2 N–H and O–H groups in total. The van der Waals surface area contributed by atoms with E-state index < -0.39 is 10.4 Å². The van der Waals surface area contributed by atoms with Crippen LogP contribution in [0.2, 0.25) is 0 Å². The molecule has 1 heterocycles. The van der Waals surface area contributed by atoms with Crippen LogP contribution in [-0.2, 0) is 4.79 Å². The maximum atomic E-state index is 10.6. The molecule has 1 aliphatic rings. The maximum Gasteiger partial charge on any atom is 0.334 e. The van der Waals surface area contributed by atoms with Crippen LogP contribution in [0.15, 0.2) is 23.9 Å². The maximum absolute atomic E-state index is 10.6. The minimum atomic E-state index is -0.916. The Bertz CT molecular complexity index is 243. The van der Waals surface area contributed by atoms with E-state index in [0.29, 0.717) is 5.57 Å². The number of allylic oxidation sites excluding steroid dienone is 2. The van der Waals surface area contributed by atoms with Gasteiger partial charge in [-0.2, -0.15) is 0 Å². The molecule has 11 heavy (non-hydrogen) atoms. The molecule has 1 rings (SSSR count). The van der Waals surface area contributed by atoms with Gasteiger partial charge in [0.05, 0.1) is 5.57 Å².